The van der Waals surface area contributed by atoms with Gasteiger partial charge in [-0.1, -0.05) is 31.0 Å². The minimum Gasteiger partial charge on any atom is -0.442 e. The summed E-state index contributed by atoms with van der Waals surface area (Å²) in [6.07, 6.45) is 7.07. The van der Waals surface area contributed by atoms with Gasteiger partial charge in [-0.15, -0.1) is 6.42 Å². The van der Waals surface area contributed by atoms with Crippen LogP contribution in [0.4, 0.5) is 4.79 Å². The van der Waals surface area contributed by atoms with Crippen molar-refractivity contribution < 1.29 is 9.53 Å². The van der Waals surface area contributed by atoms with E-state index in [2.05, 4.69) is 23.4 Å². The maximum atomic E-state index is 10.9. The molecule has 0 heterocycles. The largest absolute Gasteiger partial charge is 0.442 e. The lowest BCUT2D eigenvalue weighted by atomic mass is 10.00. The molecule has 2 rings (SSSR count). The molecule has 2 atom stereocenters. The Kier molecular flexibility index (Phi) is 4.65. The number of aryl methyl sites for hydroxylation is 1. The van der Waals surface area contributed by atoms with Gasteiger partial charge in [0.1, 0.15) is 6.10 Å². The second-order valence-corrected chi connectivity index (χ2v) is 4.97. The number of fused-ring (bicyclic) bond motifs is 1. The summed E-state index contributed by atoms with van der Waals surface area (Å²) in [7, 11) is 0. The van der Waals surface area contributed by atoms with Crippen molar-refractivity contribution in [3.63, 3.8) is 0 Å². The fourth-order valence-corrected chi connectivity index (χ4v) is 2.74. The van der Waals surface area contributed by atoms with Crippen molar-refractivity contribution in [3.8, 4) is 12.3 Å². The number of nitrogens with one attached hydrogen (secondary N) is 1. The van der Waals surface area contributed by atoms with E-state index >= 15 is 0 Å². The summed E-state index contributed by atoms with van der Waals surface area (Å²) in [5.41, 5.74) is 8.69. The van der Waals surface area contributed by atoms with E-state index in [4.69, 9.17) is 16.9 Å². The first kappa shape index (κ1) is 14.4. The SMILES string of the molecule is C#CCN[C@@H]1CCc2ccc(C(CC)OC(N)=O)cc21. The molecule has 4 nitrogen and oxygen atoms in total. The number of rotatable bonds is 5. The third-order valence-corrected chi connectivity index (χ3v) is 3.70. The zero-order valence-corrected chi connectivity index (χ0v) is 11.7. The molecule has 0 saturated heterocycles. The molecule has 3 N–H and O–H groups in total. The van der Waals surface area contributed by atoms with Crippen LogP contribution in [0.2, 0.25) is 0 Å². The number of hydrogen-bond donors (Lipinski definition) is 2. The van der Waals surface area contributed by atoms with Crippen LogP contribution in [0.5, 0.6) is 0 Å². The zero-order chi connectivity index (χ0) is 14.5. The Morgan fingerprint density at radius 2 is 2.45 bits per heavy atom. The monoisotopic (exact) mass is 272 g/mol. The van der Waals surface area contributed by atoms with Gasteiger partial charge in [0.05, 0.1) is 6.54 Å². The minimum atomic E-state index is -0.737. The van der Waals surface area contributed by atoms with Crippen LogP contribution in [0.1, 0.15) is 48.6 Å². The van der Waals surface area contributed by atoms with Crippen LogP contribution in [0.3, 0.4) is 0 Å². The lowest BCUT2D eigenvalue weighted by Crippen LogP contribution is -2.20. The topological polar surface area (TPSA) is 64.3 Å². The summed E-state index contributed by atoms with van der Waals surface area (Å²) in [5.74, 6) is 2.60. The Morgan fingerprint density at radius 3 is 3.10 bits per heavy atom. The number of ether oxygens (including phenoxy) is 1. The predicted molar refractivity (Wildman–Crippen MR) is 78.0 cm³/mol. The van der Waals surface area contributed by atoms with E-state index in [9.17, 15) is 4.79 Å². The van der Waals surface area contributed by atoms with Gasteiger partial charge in [0, 0.05) is 6.04 Å². The minimum absolute atomic E-state index is 0.284. The molecular formula is C16H20N2O2. The van der Waals surface area contributed by atoms with Crippen molar-refractivity contribution in [2.24, 2.45) is 5.73 Å². The van der Waals surface area contributed by atoms with Gasteiger partial charge in [-0.25, -0.2) is 4.79 Å². The lowest BCUT2D eigenvalue weighted by Gasteiger charge is -2.18. The predicted octanol–water partition coefficient (Wildman–Crippen LogP) is 2.44. The van der Waals surface area contributed by atoms with Crippen molar-refractivity contribution in [3.05, 3.63) is 34.9 Å². The average Bonchev–Trinajstić information content (AvgIpc) is 2.84. The van der Waals surface area contributed by atoms with Crippen molar-refractivity contribution in [1.82, 2.24) is 5.32 Å². The molecule has 1 amide bonds. The summed E-state index contributed by atoms with van der Waals surface area (Å²) >= 11 is 0. The number of amides is 1. The second-order valence-electron chi connectivity index (χ2n) is 4.97. The first-order valence-corrected chi connectivity index (χ1v) is 6.91. The third-order valence-electron chi connectivity index (χ3n) is 3.70. The van der Waals surface area contributed by atoms with E-state index < -0.39 is 6.09 Å². The van der Waals surface area contributed by atoms with Crippen LogP contribution in [-0.2, 0) is 11.2 Å². The smallest absolute Gasteiger partial charge is 0.405 e. The van der Waals surface area contributed by atoms with Gasteiger partial charge in [0.15, 0.2) is 0 Å². The number of benzene rings is 1. The van der Waals surface area contributed by atoms with Crippen LogP contribution in [0.15, 0.2) is 18.2 Å². The Bertz CT molecular complexity index is 534. The van der Waals surface area contributed by atoms with Crippen molar-refractivity contribution in [1.29, 1.82) is 0 Å². The first-order chi connectivity index (χ1) is 9.65. The molecule has 0 aliphatic heterocycles. The molecule has 1 unspecified atom stereocenters. The normalized spacial score (nSPS) is 18.1. The van der Waals surface area contributed by atoms with E-state index in [1.165, 1.54) is 11.1 Å². The summed E-state index contributed by atoms with van der Waals surface area (Å²) in [6.45, 7) is 2.53. The Labute approximate surface area is 119 Å². The molecule has 1 aromatic rings. The standard InChI is InChI=1S/C16H20N2O2/c1-3-9-18-14-8-7-11-5-6-12(10-13(11)14)15(4-2)20-16(17)19/h1,5-6,10,14-15,18H,4,7-9H2,2H3,(H2,17,19)/t14-,15?/m1/s1. The van der Waals surface area contributed by atoms with Crippen LogP contribution in [0.25, 0.3) is 0 Å². The van der Waals surface area contributed by atoms with E-state index in [0.29, 0.717) is 13.0 Å². The molecule has 0 fully saturated rings. The molecular weight excluding hydrogens is 252 g/mol. The summed E-state index contributed by atoms with van der Waals surface area (Å²) in [5, 5.41) is 3.34. The van der Waals surface area contributed by atoms with Gasteiger partial charge in [-0.05, 0) is 36.0 Å². The highest BCUT2D eigenvalue weighted by Crippen LogP contribution is 2.34. The van der Waals surface area contributed by atoms with Crippen LogP contribution in [0, 0.1) is 12.3 Å². The summed E-state index contributed by atoms with van der Waals surface area (Å²) in [4.78, 5) is 10.9. The molecule has 0 aromatic heterocycles. The number of primary amides is 1. The average molecular weight is 272 g/mol. The van der Waals surface area contributed by atoms with Gasteiger partial charge in [0.2, 0.25) is 0 Å². The number of hydrogen-bond acceptors (Lipinski definition) is 3. The van der Waals surface area contributed by atoms with E-state index in [0.717, 1.165) is 18.4 Å². The maximum Gasteiger partial charge on any atom is 0.405 e. The molecule has 20 heavy (non-hydrogen) atoms. The molecule has 1 aliphatic rings. The highest BCUT2D eigenvalue weighted by atomic mass is 16.6. The second kappa shape index (κ2) is 6.44. The van der Waals surface area contributed by atoms with E-state index in [1.807, 2.05) is 13.0 Å². The van der Waals surface area contributed by atoms with Crippen molar-refractivity contribution in [2.75, 3.05) is 6.54 Å². The molecule has 1 aliphatic carbocycles. The highest BCUT2D eigenvalue weighted by Gasteiger charge is 2.23. The first-order valence-electron chi connectivity index (χ1n) is 6.91. The molecule has 4 heteroatoms. The quantitative estimate of drug-likeness (QED) is 0.809. The van der Waals surface area contributed by atoms with Gasteiger partial charge in [-0.2, -0.15) is 0 Å². The lowest BCUT2D eigenvalue weighted by molar-refractivity contribution is 0.104. The molecule has 106 valence electrons. The fraction of sp³-hybridized carbons (Fsp3) is 0.438. The van der Waals surface area contributed by atoms with E-state index in [-0.39, 0.29) is 12.1 Å². The van der Waals surface area contributed by atoms with Crippen molar-refractivity contribution >= 4 is 6.09 Å². The maximum absolute atomic E-state index is 10.9. The molecule has 0 bridgehead atoms. The molecule has 0 spiro atoms. The highest BCUT2D eigenvalue weighted by molar-refractivity contribution is 5.65. The Hall–Kier alpha value is -1.99. The Balaban J connectivity index is 2.21. The van der Waals surface area contributed by atoms with Gasteiger partial charge in [-0.3, -0.25) is 5.32 Å². The molecule has 1 aromatic carbocycles. The number of terminal acetylenes is 1. The zero-order valence-electron chi connectivity index (χ0n) is 11.7. The fourth-order valence-electron chi connectivity index (χ4n) is 2.74. The van der Waals surface area contributed by atoms with Crippen LogP contribution >= 0.6 is 0 Å². The summed E-state index contributed by atoms with van der Waals surface area (Å²) < 4.78 is 5.15. The number of nitrogens with two attached hydrogens (primary N) is 1. The summed E-state index contributed by atoms with van der Waals surface area (Å²) in [6, 6.07) is 6.51. The molecule has 0 radical (unpaired) electrons. The Morgan fingerprint density at radius 1 is 1.65 bits per heavy atom. The van der Waals surface area contributed by atoms with E-state index in [1.54, 1.807) is 0 Å². The van der Waals surface area contributed by atoms with Crippen LogP contribution < -0.4 is 11.1 Å². The van der Waals surface area contributed by atoms with Gasteiger partial charge < -0.3 is 10.5 Å². The molecule has 0 saturated carbocycles. The van der Waals surface area contributed by atoms with Gasteiger partial charge in [0.25, 0.3) is 0 Å². The van der Waals surface area contributed by atoms with Gasteiger partial charge >= 0.3 is 6.09 Å². The third kappa shape index (κ3) is 3.12. The number of carbonyl (C=O) groups is 1. The van der Waals surface area contributed by atoms with Crippen LogP contribution in [-0.4, -0.2) is 12.6 Å². The van der Waals surface area contributed by atoms with Crippen molar-refractivity contribution in [2.45, 2.75) is 38.3 Å². The number of carbonyl (C=O) groups excluding carboxylic acids is 1.